The molecule has 2 atom stereocenters. The molecule has 0 bridgehead atoms. The lowest BCUT2D eigenvalue weighted by atomic mass is 9.80. The third-order valence-corrected chi connectivity index (χ3v) is 9.56. The summed E-state index contributed by atoms with van der Waals surface area (Å²) in [5.41, 5.74) is -1.17. The van der Waals surface area contributed by atoms with Crippen molar-refractivity contribution in [1.82, 2.24) is 4.90 Å². The van der Waals surface area contributed by atoms with Gasteiger partial charge in [0, 0.05) is 19.0 Å². The van der Waals surface area contributed by atoms with Crippen LogP contribution in [0.1, 0.15) is 92.9 Å². The van der Waals surface area contributed by atoms with Crippen molar-refractivity contribution in [3.8, 4) is 0 Å². The number of aliphatic hydroxyl groups is 1. The summed E-state index contributed by atoms with van der Waals surface area (Å²) in [6.07, 6.45) is 5.51. The Hall–Kier alpha value is -1.93. The number of carboxylic acid groups (broad SMARTS) is 2. The number of esters is 2. The molecule has 3 N–H and O–H groups in total. The summed E-state index contributed by atoms with van der Waals surface area (Å²) in [6, 6.07) is 0. The van der Waals surface area contributed by atoms with Crippen molar-refractivity contribution in [2.75, 3.05) is 45.4 Å². The molecule has 2 rings (SSSR count). The predicted octanol–water partition coefficient (Wildman–Crippen LogP) is 4.13. The molecule has 0 amide bonds. The Morgan fingerprint density at radius 3 is 1.98 bits per heavy atom. The first kappa shape index (κ1) is 39.1. The number of carbonyl (C=O) groups is 4. The first-order valence-corrected chi connectivity index (χ1v) is 16.2. The average molecular weight is 636 g/mol. The fourth-order valence-electron chi connectivity index (χ4n) is 4.52. The molecule has 13 heteroatoms. The van der Waals surface area contributed by atoms with Gasteiger partial charge in [-0.1, -0.05) is 26.7 Å². The highest BCUT2D eigenvalue weighted by atomic mass is 32.2. The van der Waals surface area contributed by atoms with Crippen LogP contribution in [-0.4, -0.2) is 101 Å². The Bertz CT molecular complexity index is 889. The van der Waals surface area contributed by atoms with Crippen LogP contribution in [0.5, 0.6) is 0 Å². The number of ether oxygens (including phenoxy) is 2. The number of aliphatic hydroxyl groups excluding tert-OH is 1. The van der Waals surface area contributed by atoms with Crippen molar-refractivity contribution >= 4 is 35.6 Å². The van der Waals surface area contributed by atoms with Gasteiger partial charge in [0.15, 0.2) is 0 Å². The number of aliphatic carboxylic acids is 2. The third kappa shape index (κ3) is 14.6. The van der Waals surface area contributed by atoms with Crippen molar-refractivity contribution in [2.45, 2.75) is 104 Å². The molecule has 0 aromatic rings. The number of β-amino-alcohol motifs (C(OH)–C–C–N with tert-alkyl or cyclic N) is 1. The second-order valence-corrected chi connectivity index (χ2v) is 13.9. The first-order chi connectivity index (χ1) is 20.1. The largest absolute Gasteiger partial charge is 0.481 e. The van der Waals surface area contributed by atoms with Gasteiger partial charge in [-0.2, -0.15) is 0 Å². The molecule has 1 heterocycles. The van der Waals surface area contributed by atoms with Crippen molar-refractivity contribution in [1.29, 1.82) is 0 Å². The van der Waals surface area contributed by atoms with E-state index in [0.717, 1.165) is 32.1 Å². The molecule has 2 unspecified atom stereocenters. The summed E-state index contributed by atoms with van der Waals surface area (Å²) in [5.74, 6) is -1.57. The normalized spacial score (nSPS) is 19.3. The fraction of sp³-hybridized carbons (Fsp3) is 0.867. The van der Waals surface area contributed by atoms with Crippen LogP contribution in [-0.2, 0) is 38.4 Å². The number of hydrogen-bond donors (Lipinski definition) is 3. The highest BCUT2D eigenvalue weighted by Crippen LogP contribution is 2.44. The van der Waals surface area contributed by atoms with E-state index < -0.39 is 34.1 Å². The lowest BCUT2D eigenvalue weighted by molar-refractivity contribution is -0.301. The molecule has 1 saturated carbocycles. The minimum absolute atomic E-state index is 0.0544. The Morgan fingerprint density at radius 1 is 0.907 bits per heavy atom. The maximum Gasteiger partial charge on any atom is 0.317 e. The summed E-state index contributed by atoms with van der Waals surface area (Å²) in [6.45, 7) is 12.5. The van der Waals surface area contributed by atoms with Gasteiger partial charge >= 0.3 is 23.9 Å². The Balaban J connectivity index is 0.000000434. The van der Waals surface area contributed by atoms with Crippen molar-refractivity contribution < 1.29 is 53.7 Å². The van der Waals surface area contributed by atoms with Gasteiger partial charge in [-0.25, -0.2) is 9.78 Å². The zero-order chi connectivity index (χ0) is 32.7. The van der Waals surface area contributed by atoms with Crippen LogP contribution in [0.4, 0.5) is 0 Å². The second kappa shape index (κ2) is 18.8. The van der Waals surface area contributed by atoms with Gasteiger partial charge in [-0.3, -0.25) is 24.1 Å². The zero-order valence-corrected chi connectivity index (χ0v) is 27.5. The average Bonchev–Trinajstić information content (AvgIpc) is 3.61. The standard InChI is InChI=1S/C17H30O6.C13H23NO5S/c1-4-16(2,3)15(20)21-11-12-23-22-10-9-17(13-14(18)19)7-5-6-8-17;1-4-13(2,3)12(18)19-7-9(15)5-14-6-10(11(16)17)20-8-14/h4-13H2,1-3H3,(H,18,19);9-10,15H,4-8H2,1-3H3,(H,16,17). The minimum Gasteiger partial charge on any atom is -0.481 e. The lowest BCUT2D eigenvalue weighted by Gasteiger charge is -2.26. The molecule has 1 aliphatic heterocycles. The SMILES string of the molecule is CCC(C)(C)C(=O)OCC(O)CN1CSC(C(=O)O)C1.CCC(C)(C)C(=O)OCCOOCCC1(CC(=O)O)CCCC1. The van der Waals surface area contributed by atoms with E-state index in [0.29, 0.717) is 38.4 Å². The molecule has 12 nitrogen and oxygen atoms in total. The smallest absolute Gasteiger partial charge is 0.317 e. The number of carbonyl (C=O) groups excluding carboxylic acids is 2. The van der Waals surface area contributed by atoms with Gasteiger partial charge in [0.2, 0.25) is 0 Å². The van der Waals surface area contributed by atoms with Gasteiger partial charge in [-0.15, -0.1) is 11.8 Å². The van der Waals surface area contributed by atoms with Crippen LogP contribution in [0.3, 0.4) is 0 Å². The van der Waals surface area contributed by atoms with Crippen LogP contribution in [0, 0.1) is 16.2 Å². The van der Waals surface area contributed by atoms with Gasteiger partial charge in [0.1, 0.15) is 31.2 Å². The first-order valence-electron chi connectivity index (χ1n) is 15.1. The summed E-state index contributed by atoms with van der Waals surface area (Å²) in [5, 5.41) is 27.3. The van der Waals surface area contributed by atoms with Crippen molar-refractivity contribution in [2.24, 2.45) is 16.2 Å². The zero-order valence-electron chi connectivity index (χ0n) is 26.7. The second-order valence-electron chi connectivity index (χ2n) is 12.7. The van der Waals surface area contributed by atoms with Crippen LogP contribution < -0.4 is 0 Å². The summed E-state index contributed by atoms with van der Waals surface area (Å²) in [4.78, 5) is 57.3. The van der Waals surface area contributed by atoms with Crippen LogP contribution in [0.15, 0.2) is 0 Å². The maximum absolute atomic E-state index is 11.8. The van der Waals surface area contributed by atoms with E-state index in [1.807, 2.05) is 32.6 Å². The van der Waals surface area contributed by atoms with E-state index >= 15 is 0 Å². The molecule has 0 radical (unpaired) electrons. The molecule has 1 aliphatic carbocycles. The fourth-order valence-corrected chi connectivity index (χ4v) is 5.58. The van der Waals surface area contributed by atoms with E-state index in [1.165, 1.54) is 11.8 Å². The minimum atomic E-state index is -0.830. The van der Waals surface area contributed by atoms with Gasteiger partial charge < -0.3 is 24.8 Å². The van der Waals surface area contributed by atoms with E-state index in [1.54, 1.807) is 13.8 Å². The molecule has 250 valence electrons. The van der Waals surface area contributed by atoms with Crippen LogP contribution >= 0.6 is 11.8 Å². The van der Waals surface area contributed by atoms with Gasteiger partial charge in [0.25, 0.3) is 0 Å². The van der Waals surface area contributed by atoms with Crippen LogP contribution in [0.2, 0.25) is 0 Å². The highest BCUT2D eigenvalue weighted by molar-refractivity contribution is 8.00. The molecule has 1 saturated heterocycles. The molecule has 0 spiro atoms. The van der Waals surface area contributed by atoms with Gasteiger partial charge in [0.05, 0.1) is 23.9 Å². The highest BCUT2D eigenvalue weighted by Gasteiger charge is 2.36. The molecular weight excluding hydrogens is 582 g/mol. The van der Waals surface area contributed by atoms with E-state index in [-0.39, 0.29) is 43.6 Å². The van der Waals surface area contributed by atoms with Crippen molar-refractivity contribution in [3.63, 3.8) is 0 Å². The number of nitrogens with zero attached hydrogens (tertiary/aromatic N) is 1. The summed E-state index contributed by atoms with van der Waals surface area (Å²) < 4.78 is 10.2. The molecule has 2 aliphatic rings. The molecule has 0 aromatic heterocycles. The molecular formula is C30H53NO11S. The van der Waals surface area contributed by atoms with Gasteiger partial charge in [-0.05, 0) is 65.2 Å². The molecule has 43 heavy (non-hydrogen) atoms. The molecule has 2 fully saturated rings. The topological polar surface area (TPSA) is 169 Å². The Labute approximate surface area is 260 Å². The summed E-state index contributed by atoms with van der Waals surface area (Å²) >= 11 is 1.34. The van der Waals surface area contributed by atoms with Crippen LogP contribution in [0.25, 0.3) is 0 Å². The lowest BCUT2D eigenvalue weighted by Crippen LogP contribution is -2.37. The number of thioether (sulfide) groups is 1. The Kier molecular flexibility index (Phi) is 17.1. The van der Waals surface area contributed by atoms with E-state index in [2.05, 4.69) is 0 Å². The number of hydrogen-bond acceptors (Lipinski definition) is 11. The maximum atomic E-state index is 11.8. The Morgan fingerprint density at radius 2 is 1.47 bits per heavy atom. The van der Waals surface area contributed by atoms with E-state index in [9.17, 15) is 24.3 Å². The number of rotatable bonds is 18. The van der Waals surface area contributed by atoms with E-state index in [4.69, 9.17) is 29.5 Å². The monoisotopic (exact) mass is 635 g/mol. The predicted molar refractivity (Wildman–Crippen MR) is 161 cm³/mol. The van der Waals surface area contributed by atoms with Crippen molar-refractivity contribution in [3.05, 3.63) is 0 Å². The quantitative estimate of drug-likeness (QED) is 0.0851. The molecule has 0 aromatic carbocycles. The number of carboxylic acids is 2. The summed E-state index contributed by atoms with van der Waals surface area (Å²) in [7, 11) is 0. The third-order valence-electron chi connectivity index (χ3n) is 8.30.